The predicted molar refractivity (Wildman–Crippen MR) is 82.7 cm³/mol. The van der Waals surface area contributed by atoms with Crippen molar-refractivity contribution in [3.63, 3.8) is 0 Å². The number of aryl methyl sites for hydroxylation is 1. The molecular weight excluding hydrogens is 306 g/mol. The number of aromatic nitrogens is 3. The maximum atomic E-state index is 5.29. The van der Waals surface area contributed by atoms with Crippen LogP contribution in [0.4, 0.5) is 0 Å². The summed E-state index contributed by atoms with van der Waals surface area (Å²) < 4.78 is 11.4. The topological polar surface area (TPSA) is 61.0 Å². The standard InChI is InChI=1S/C14H13N3O2S2/c1-9-7-20-14(15-9)21-8-12-16-13(19-17-12)10-3-5-11(18-2)6-4-10/h3-7H,8H2,1-2H3. The Bertz CT molecular complexity index is 722. The Hall–Kier alpha value is -1.86. The van der Waals surface area contributed by atoms with E-state index in [-0.39, 0.29) is 0 Å². The molecule has 1 aromatic carbocycles. The molecule has 0 saturated heterocycles. The zero-order valence-electron chi connectivity index (χ0n) is 11.6. The molecule has 3 aromatic rings. The normalized spacial score (nSPS) is 10.8. The fraction of sp³-hybridized carbons (Fsp3) is 0.214. The number of thioether (sulfide) groups is 1. The Labute approximate surface area is 130 Å². The third kappa shape index (κ3) is 3.43. The fourth-order valence-corrected chi connectivity index (χ4v) is 3.38. The van der Waals surface area contributed by atoms with E-state index in [4.69, 9.17) is 9.26 Å². The maximum Gasteiger partial charge on any atom is 0.257 e. The van der Waals surface area contributed by atoms with E-state index in [0.29, 0.717) is 17.5 Å². The van der Waals surface area contributed by atoms with Crippen LogP contribution in [-0.4, -0.2) is 22.2 Å². The Morgan fingerprint density at radius 2 is 2.05 bits per heavy atom. The van der Waals surface area contributed by atoms with E-state index >= 15 is 0 Å². The molecule has 0 spiro atoms. The van der Waals surface area contributed by atoms with E-state index in [0.717, 1.165) is 21.3 Å². The van der Waals surface area contributed by atoms with Crippen molar-refractivity contribution in [3.05, 3.63) is 41.2 Å². The van der Waals surface area contributed by atoms with Crippen molar-refractivity contribution in [2.24, 2.45) is 0 Å². The van der Waals surface area contributed by atoms with Gasteiger partial charge in [-0.15, -0.1) is 11.3 Å². The van der Waals surface area contributed by atoms with Crippen LogP contribution < -0.4 is 4.74 Å². The SMILES string of the molecule is COc1ccc(-c2nc(CSc3nc(C)cs3)no2)cc1. The Balaban J connectivity index is 1.67. The molecule has 2 aromatic heterocycles. The van der Waals surface area contributed by atoms with Gasteiger partial charge in [0.2, 0.25) is 0 Å². The van der Waals surface area contributed by atoms with Gasteiger partial charge in [0, 0.05) is 16.6 Å². The number of hydrogen-bond acceptors (Lipinski definition) is 7. The highest BCUT2D eigenvalue weighted by atomic mass is 32.2. The monoisotopic (exact) mass is 319 g/mol. The minimum atomic E-state index is 0.517. The van der Waals surface area contributed by atoms with E-state index in [1.807, 2.05) is 36.6 Å². The van der Waals surface area contributed by atoms with E-state index in [2.05, 4.69) is 15.1 Å². The molecule has 0 aliphatic rings. The Morgan fingerprint density at radius 3 is 2.71 bits per heavy atom. The number of ether oxygens (including phenoxy) is 1. The molecule has 3 rings (SSSR count). The summed E-state index contributed by atoms with van der Waals surface area (Å²) in [6.07, 6.45) is 0. The van der Waals surface area contributed by atoms with Crippen molar-refractivity contribution in [1.82, 2.24) is 15.1 Å². The minimum Gasteiger partial charge on any atom is -0.497 e. The van der Waals surface area contributed by atoms with Gasteiger partial charge in [-0.05, 0) is 31.2 Å². The molecule has 5 nitrogen and oxygen atoms in total. The number of nitrogens with zero attached hydrogens (tertiary/aromatic N) is 3. The number of methoxy groups -OCH3 is 1. The smallest absolute Gasteiger partial charge is 0.257 e. The van der Waals surface area contributed by atoms with Crippen LogP contribution in [0.1, 0.15) is 11.5 Å². The summed E-state index contributed by atoms with van der Waals surface area (Å²) in [4.78, 5) is 8.79. The van der Waals surface area contributed by atoms with Crippen LogP contribution in [0.15, 0.2) is 38.5 Å². The van der Waals surface area contributed by atoms with Crippen LogP contribution >= 0.6 is 23.1 Å². The third-order valence-corrected chi connectivity index (χ3v) is 4.86. The van der Waals surface area contributed by atoms with Gasteiger partial charge in [0.25, 0.3) is 5.89 Å². The lowest BCUT2D eigenvalue weighted by Crippen LogP contribution is -1.85. The van der Waals surface area contributed by atoms with Crippen molar-refractivity contribution >= 4 is 23.1 Å². The van der Waals surface area contributed by atoms with Crippen molar-refractivity contribution in [2.75, 3.05) is 7.11 Å². The van der Waals surface area contributed by atoms with Crippen molar-refractivity contribution in [3.8, 4) is 17.2 Å². The minimum absolute atomic E-state index is 0.517. The average molecular weight is 319 g/mol. The molecule has 0 aliphatic heterocycles. The van der Waals surface area contributed by atoms with Crippen molar-refractivity contribution < 1.29 is 9.26 Å². The second-order valence-electron chi connectivity index (χ2n) is 4.29. The van der Waals surface area contributed by atoms with Crippen LogP contribution in [0.25, 0.3) is 11.5 Å². The summed E-state index contributed by atoms with van der Waals surface area (Å²) in [5.41, 5.74) is 1.92. The molecule has 0 atom stereocenters. The van der Waals surface area contributed by atoms with Crippen LogP contribution in [0, 0.1) is 6.92 Å². The number of thiazole rings is 1. The predicted octanol–water partition coefficient (Wildman–Crippen LogP) is 3.80. The second-order valence-corrected chi connectivity index (χ2v) is 6.37. The lowest BCUT2D eigenvalue weighted by Gasteiger charge is -1.98. The molecule has 2 heterocycles. The lowest BCUT2D eigenvalue weighted by molar-refractivity contribution is 0.414. The molecule has 0 N–H and O–H groups in total. The summed E-state index contributed by atoms with van der Waals surface area (Å²) in [7, 11) is 1.64. The van der Waals surface area contributed by atoms with E-state index < -0.39 is 0 Å². The molecule has 0 fully saturated rings. The molecule has 21 heavy (non-hydrogen) atoms. The highest BCUT2D eigenvalue weighted by Crippen LogP contribution is 2.26. The highest BCUT2D eigenvalue weighted by molar-refractivity contribution is 8.00. The summed E-state index contributed by atoms with van der Waals surface area (Å²) in [5.74, 6) is 2.63. The zero-order valence-corrected chi connectivity index (χ0v) is 13.2. The first kappa shape index (κ1) is 14.1. The first-order valence-corrected chi connectivity index (χ1v) is 8.13. The summed E-state index contributed by atoms with van der Waals surface area (Å²) >= 11 is 3.24. The molecule has 0 saturated carbocycles. The first-order valence-electron chi connectivity index (χ1n) is 6.26. The van der Waals surface area contributed by atoms with Crippen molar-refractivity contribution in [1.29, 1.82) is 0 Å². The highest BCUT2D eigenvalue weighted by Gasteiger charge is 2.10. The van der Waals surface area contributed by atoms with Crippen LogP contribution in [0.2, 0.25) is 0 Å². The van der Waals surface area contributed by atoms with Crippen molar-refractivity contribution in [2.45, 2.75) is 17.0 Å². The molecule has 0 radical (unpaired) electrons. The van der Waals surface area contributed by atoms with Gasteiger partial charge in [0.15, 0.2) is 10.2 Å². The molecule has 7 heteroatoms. The third-order valence-electron chi connectivity index (χ3n) is 2.73. The van der Waals surface area contributed by atoms with Gasteiger partial charge >= 0.3 is 0 Å². The molecular formula is C14H13N3O2S2. The largest absolute Gasteiger partial charge is 0.497 e. The van der Waals surface area contributed by atoms with Gasteiger partial charge in [-0.1, -0.05) is 16.9 Å². The second kappa shape index (κ2) is 6.28. The summed E-state index contributed by atoms with van der Waals surface area (Å²) in [6.45, 7) is 1.98. The molecule has 0 amide bonds. The van der Waals surface area contributed by atoms with E-state index in [1.165, 1.54) is 0 Å². The van der Waals surface area contributed by atoms with Gasteiger partial charge < -0.3 is 9.26 Å². The number of benzene rings is 1. The molecule has 0 bridgehead atoms. The van der Waals surface area contributed by atoms with Gasteiger partial charge in [0.1, 0.15) is 5.75 Å². The van der Waals surface area contributed by atoms with Gasteiger partial charge in [-0.3, -0.25) is 0 Å². The average Bonchev–Trinajstić information content (AvgIpc) is 3.14. The van der Waals surface area contributed by atoms with E-state index in [1.54, 1.807) is 30.2 Å². The van der Waals surface area contributed by atoms with Crippen LogP contribution in [-0.2, 0) is 5.75 Å². The zero-order chi connectivity index (χ0) is 14.7. The van der Waals surface area contributed by atoms with Gasteiger partial charge in [-0.25, -0.2) is 4.98 Å². The lowest BCUT2D eigenvalue weighted by atomic mass is 10.2. The first-order chi connectivity index (χ1) is 10.2. The number of rotatable bonds is 5. The fourth-order valence-electron chi connectivity index (χ4n) is 1.69. The van der Waals surface area contributed by atoms with Crippen LogP contribution in [0.3, 0.4) is 0 Å². The van der Waals surface area contributed by atoms with Crippen LogP contribution in [0.5, 0.6) is 5.75 Å². The summed E-state index contributed by atoms with van der Waals surface area (Å²) in [5, 5.41) is 6.02. The molecule has 108 valence electrons. The Morgan fingerprint density at radius 1 is 1.24 bits per heavy atom. The van der Waals surface area contributed by atoms with E-state index in [9.17, 15) is 0 Å². The summed E-state index contributed by atoms with van der Waals surface area (Å²) in [6, 6.07) is 7.53. The maximum absolute atomic E-state index is 5.29. The molecule has 0 unspecified atom stereocenters. The van der Waals surface area contributed by atoms with Gasteiger partial charge in [0.05, 0.1) is 12.9 Å². The molecule has 0 aliphatic carbocycles. The quantitative estimate of drug-likeness (QED) is 0.667. The number of hydrogen-bond donors (Lipinski definition) is 0. The Kier molecular flexibility index (Phi) is 4.21. The van der Waals surface area contributed by atoms with Gasteiger partial charge in [-0.2, -0.15) is 4.98 Å².